The molecule has 0 unspecified atom stereocenters. The largest absolute Gasteiger partial charge is 0.495 e. The lowest BCUT2D eigenvalue weighted by Crippen LogP contribution is -2.47. The number of H-pyrrole nitrogens is 1. The molecule has 0 aliphatic carbocycles. The number of unbranched alkanes of at least 4 members (excludes halogenated alkanes) is 2. The normalized spacial score (nSPS) is 13.3. The smallest absolute Gasteiger partial charge is 0.284 e. The van der Waals surface area contributed by atoms with Crippen LogP contribution in [0.25, 0.3) is 11.0 Å². The first-order valence-corrected chi connectivity index (χ1v) is 16.3. The fourth-order valence-electron chi connectivity index (χ4n) is 5.72. The van der Waals surface area contributed by atoms with Gasteiger partial charge >= 0.3 is 0 Å². The number of nitrogens with one attached hydrogen (secondary N) is 2. The minimum atomic E-state index is -0.736. The van der Waals surface area contributed by atoms with Gasteiger partial charge in [0.1, 0.15) is 17.0 Å². The molecule has 13 heteroatoms. The minimum absolute atomic E-state index is 0.0492. The summed E-state index contributed by atoms with van der Waals surface area (Å²) in [6.45, 7) is 5.83. The second kappa shape index (κ2) is 15.6. The van der Waals surface area contributed by atoms with Crippen molar-refractivity contribution in [2.24, 2.45) is 5.73 Å². The number of carbonyl (C=O) groups is 4. The van der Waals surface area contributed by atoms with Crippen molar-refractivity contribution in [2.75, 3.05) is 64.2 Å². The molecule has 2 heterocycles. The van der Waals surface area contributed by atoms with E-state index in [-0.39, 0.29) is 29.0 Å². The first-order chi connectivity index (χ1) is 23.5. The topological polar surface area (TPSA) is 163 Å². The number of aromatic nitrogens is 2. The summed E-state index contributed by atoms with van der Waals surface area (Å²) in [7, 11) is 5.20. The summed E-state index contributed by atoms with van der Waals surface area (Å²) < 4.78 is 11.7. The molecule has 0 saturated carbocycles. The van der Waals surface area contributed by atoms with Gasteiger partial charge in [-0.05, 0) is 81.3 Å². The summed E-state index contributed by atoms with van der Waals surface area (Å²) >= 11 is 0. The number of para-hydroxylation sites is 1. The van der Waals surface area contributed by atoms with Gasteiger partial charge in [-0.15, -0.1) is 0 Å². The van der Waals surface area contributed by atoms with E-state index in [0.717, 1.165) is 51.0 Å². The second-order valence-electron chi connectivity index (χ2n) is 12.2. The van der Waals surface area contributed by atoms with Crippen molar-refractivity contribution < 1.29 is 28.7 Å². The van der Waals surface area contributed by atoms with Crippen LogP contribution in [-0.4, -0.2) is 97.4 Å². The van der Waals surface area contributed by atoms with Crippen LogP contribution in [-0.2, 0) is 4.79 Å². The van der Waals surface area contributed by atoms with E-state index in [1.54, 1.807) is 43.4 Å². The van der Waals surface area contributed by atoms with Crippen LogP contribution in [0.4, 0.5) is 11.4 Å². The number of fused-ring (bicyclic) bond motifs is 1. The molecule has 3 aromatic carbocycles. The number of rotatable bonds is 13. The van der Waals surface area contributed by atoms with Gasteiger partial charge in [-0.2, -0.15) is 0 Å². The third-order valence-electron chi connectivity index (χ3n) is 8.62. The van der Waals surface area contributed by atoms with Crippen LogP contribution in [0.15, 0.2) is 54.6 Å². The van der Waals surface area contributed by atoms with E-state index >= 15 is 0 Å². The molecule has 4 amide bonds. The Hall–Kier alpha value is -5.43. The molecular weight excluding hydrogens is 626 g/mol. The number of anilines is 2. The van der Waals surface area contributed by atoms with Crippen LogP contribution in [0, 0.1) is 6.92 Å². The Morgan fingerprint density at radius 1 is 0.980 bits per heavy atom. The highest BCUT2D eigenvalue weighted by atomic mass is 16.5. The highest BCUT2D eigenvalue weighted by molar-refractivity contribution is 6.13. The Balaban J connectivity index is 1.20. The second-order valence-corrected chi connectivity index (χ2v) is 12.2. The minimum Gasteiger partial charge on any atom is -0.495 e. The number of primary amides is 1. The molecule has 258 valence electrons. The van der Waals surface area contributed by atoms with Crippen LogP contribution in [0.2, 0.25) is 0 Å². The molecule has 4 N–H and O–H groups in total. The molecule has 1 aromatic heterocycles. The number of likely N-dealkylation sites (N-methyl/N-ethyl adjacent to an activating group) is 1. The molecule has 1 aliphatic heterocycles. The number of piperazine rings is 1. The van der Waals surface area contributed by atoms with Gasteiger partial charge in [-0.25, -0.2) is 4.98 Å². The first-order valence-electron chi connectivity index (χ1n) is 16.3. The Morgan fingerprint density at radius 3 is 2.49 bits per heavy atom. The number of ether oxygens (including phenoxy) is 2. The summed E-state index contributed by atoms with van der Waals surface area (Å²) in [4.78, 5) is 63.7. The lowest BCUT2D eigenvalue weighted by Gasteiger charge is -2.32. The maximum absolute atomic E-state index is 13.7. The van der Waals surface area contributed by atoms with Gasteiger partial charge in [0.15, 0.2) is 5.82 Å². The van der Waals surface area contributed by atoms with Crippen LogP contribution in [0.5, 0.6) is 11.5 Å². The van der Waals surface area contributed by atoms with Gasteiger partial charge < -0.3 is 40.2 Å². The number of hydrogen-bond donors (Lipinski definition) is 3. The number of hydrogen-bond acceptors (Lipinski definition) is 8. The molecule has 0 bridgehead atoms. The van der Waals surface area contributed by atoms with E-state index in [4.69, 9.17) is 15.2 Å². The maximum Gasteiger partial charge on any atom is 0.284 e. The van der Waals surface area contributed by atoms with Gasteiger partial charge in [0.05, 0.1) is 36.2 Å². The Bertz CT molecular complexity index is 1850. The zero-order chi connectivity index (χ0) is 35.1. The number of amides is 4. The number of nitrogens with two attached hydrogens (primary N) is 1. The first kappa shape index (κ1) is 34.9. The summed E-state index contributed by atoms with van der Waals surface area (Å²) in [5.74, 6) is -0.475. The van der Waals surface area contributed by atoms with Crippen LogP contribution >= 0.6 is 0 Å². The van der Waals surface area contributed by atoms with Crippen molar-refractivity contribution in [3.05, 3.63) is 77.1 Å². The lowest BCUT2D eigenvalue weighted by molar-refractivity contribution is -0.132. The molecule has 0 radical (unpaired) electrons. The van der Waals surface area contributed by atoms with E-state index in [9.17, 15) is 19.2 Å². The third-order valence-corrected chi connectivity index (χ3v) is 8.62. The highest BCUT2D eigenvalue weighted by Gasteiger charge is 2.22. The molecular formula is C36H43N7O6. The average Bonchev–Trinajstić information content (AvgIpc) is 3.55. The molecule has 13 nitrogen and oxygen atoms in total. The van der Waals surface area contributed by atoms with Gasteiger partial charge in [0, 0.05) is 45.2 Å². The number of aryl methyl sites for hydroxylation is 1. The molecule has 1 aliphatic rings. The quantitative estimate of drug-likeness (QED) is 0.178. The molecule has 5 rings (SSSR count). The van der Waals surface area contributed by atoms with Crippen molar-refractivity contribution in [1.82, 2.24) is 19.8 Å². The molecule has 0 spiro atoms. The van der Waals surface area contributed by atoms with E-state index in [1.807, 2.05) is 30.0 Å². The number of aromatic amines is 1. The van der Waals surface area contributed by atoms with Crippen molar-refractivity contribution in [2.45, 2.75) is 32.6 Å². The van der Waals surface area contributed by atoms with Crippen LogP contribution in [0.3, 0.4) is 0 Å². The van der Waals surface area contributed by atoms with Crippen molar-refractivity contribution in [3.8, 4) is 11.5 Å². The van der Waals surface area contributed by atoms with Crippen LogP contribution in [0.1, 0.15) is 62.6 Å². The van der Waals surface area contributed by atoms with E-state index in [1.165, 1.54) is 12.0 Å². The fraction of sp³-hybridized carbons (Fsp3) is 0.361. The van der Waals surface area contributed by atoms with Crippen molar-refractivity contribution in [1.29, 1.82) is 0 Å². The monoisotopic (exact) mass is 669 g/mol. The van der Waals surface area contributed by atoms with Gasteiger partial charge in [0.2, 0.25) is 5.91 Å². The maximum atomic E-state index is 13.7. The Kier molecular flexibility index (Phi) is 11.1. The molecule has 1 saturated heterocycles. The van der Waals surface area contributed by atoms with E-state index in [0.29, 0.717) is 46.7 Å². The predicted molar refractivity (Wildman–Crippen MR) is 188 cm³/mol. The molecule has 49 heavy (non-hydrogen) atoms. The van der Waals surface area contributed by atoms with E-state index < -0.39 is 11.8 Å². The van der Waals surface area contributed by atoms with Gasteiger partial charge in [-0.1, -0.05) is 12.1 Å². The average molecular weight is 670 g/mol. The van der Waals surface area contributed by atoms with Gasteiger partial charge in [0.25, 0.3) is 17.7 Å². The van der Waals surface area contributed by atoms with Crippen molar-refractivity contribution in [3.63, 3.8) is 0 Å². The summed E-state index contributed by atoms with van der Waals surface area (Å²) in [6, 6.07) is 15.4. The zero-order valence-corrected chi connectivity index (χ0v) is 28.4. The SMILES string of the molecule is COc1cc(C(=O)N(C)c2ccc(C)cc2OCCCCCC(=O)N2CCN(C)CC2)ccc1NC(=O)c1cccc2[nH]c(C(N)=O)nc12. The number of imidazole rings is 1. The summed E-state index contributed by atoms with van der Waals surface area (Å²) in [5.41, 5.74) is 8.66. The standard InChI is InChI=1S/C36H43N7O6/c1-23-12-15-28(30(21-23)49-20-7-5-6-11-31(44)43-18-16-41(2)17-19-43)42(3)36(47)24-13-14-26(29(22-24)48-4)39-35(46)25-9-8-10-27-32(25)40-34(38-27)33(37)45/h8-10,12-15,21-22H,5-7,11,16-20H2,1-4H3,(H2,37,45)(H,38,40)(H,39,46). The number of carbonyl (C=O) groups excluding carboxylic acids is 4. The number of nitrogens with zero attached hydrogens (tertiary/aromatic N) is 4. The highest BCUT2D eigenvalue weighted by Crippen LogP contribution is 2.32. The van der Waals surface area contributed by atoms with Crippen LogP contribution < -0.4 is 25.4 Å². The van der Waals surface area contributed by atoms with Gasteiger partial charge in [-0.3, -0.25) is 19.2 Å². The van der Waals surface area contributed by atoms with E-state index in [2.05, 4.69) is 27.2 Å². The zero-order valence-electron chi connectivity index (χ0n) is 28.4. The summed E-state index contributed by atoms with van der Waals surface area (Å²) in [6.07, 6.45) is 3.00. The van der Waals surface area contributed by atoms with Crippen molar-refractivity contribution >= 4 is 46.0 Å². The Labute approximate surface area is 285 Å². The molecule has 0 atom stereocenters. The predicted octanol–water partition coefficient (Wildman–Crippen LogP) is 4.22. The Morgan fingerprint density at radius 2 is 1.76 bits per heavy atom. The summed E-state index contributed by atoms with van der Waals surface area (Å²) in [5, 5.41) is 2.81. The number of methoxy groups -OCH3 is 1. The fourth-order valence-corrected chi connectivity index (χ4v) is 5.72. The molecule has 1 fully saturated rings. The number of benzene rings is 3. The molecule has 4 aromatic rings. The third kappa shape index (κ3) is 8.36. The lowest BCUT2D eigenvalue weighted by atomic mass is 10.1.